The fourth-order valence-corrected chi connectivity index (χ4v) is 3.08. The van der Waals surface area contributed by atoms with Crippen molar-refractivity contribution in [1.29, 1.82) is 0 Å². The van der Waals surface area contributed by atoms with E-state index in [1.165, 1.54) is 32.1 Å². The highest BCUT2D eigenvalue weighted by atomic mass is 16.4. The van der Waals surface area contributed by atoms with Gasteiger partial charge >= 0.3 is 7.12 Å². The number of nitrogens with zero attached hydrogens (tertiary/aromatic N) is 1. The van der Waals surface area contributed by atoms with E-state index in [0.29, 0.717) is 11.5 Å². The summed E-state index contributed by atoms with van der Waals surface area (Å²) in [4.78, 5) is 2.51. The van der Waals surface area contributed by atoms with Crippen LogP contribution in [0.2, 0.25) is 0 Å². The van der Waals surface area contributed by atoms with E-state index in [-0.39, 0.29) is 0 Å². The predicted octanol–water partition coefficient (Wildman–Crippen LogP) is 1.52. The smallest absolute Gasteiger partial charge is 0.423 e. The summed E-state index contributed by atoms with van der Waals surface area (Å²) >= 11 is 0. The molecule has 0 saturated carbocycles. The average Bonchev–Trinajstić information content (AvgIpc) is 2.42. The summed E-state index contributed by atoms with van der Waals surface area (Å²) < 4.78 is 0. The molecule has 1 unspecified atom stereocenters. The minimum Gasteiger partial charge on any atom is -0.423 e. The van der Waals surface area contributed by atoms with Crippen LogP contribution in [0.3, 0.4) is 0 Å². The summed E-state index contributed by atoms with van der Waals surface area (Å²) in [5.74, 6) is 0. The maximum absolute atomic E-state index is 9.44. The van der Waals surface area contributed by atoms with E-state index < -0.39 is 7.12 Å². The second-order valence-corrected chi connectivity index (χ2v) is 5.48. The predicted molar refractivity (Wildman–Crippen MR) is 79.2 cm³/mol. The van der Waals surface area contributed by atoms with E-state index in [9.17, 15) is 10.0 Å². The highest BCUT2D eigenvalue weighted by molar-refractivity contribution is 6.59. The lowest BCUT2D eigenvalue weighted by Gasteiger charge is -2.36. The lowest BCUT2D eigenvalue weighted by atomic mass is 9.77. The van der Waals surface area contributed by atoms with Crippen LogP contribution in [0.4, 0.5) is 0 Å². The number of rotatable bonds is 5. The van der Waals surface area contributed by atoms with Crippen molar-refractivity contribution < 1.29 is 10.0 Å². The van der Waals surface area contributed by atoms with Crippen LogP contribution >= 0.6 is 0 Å². The van der Waals surface area contributed by atoms with E-state index in [4.69, 9.17) is 0 Å². The van der Waals surface area contributed by atoms with Crippen molar-refractivity contribution in [1.82, 2.24) is 4.90 Å². The molecule has 0 amide bonds. The normalized spacial score (nSPS) is 20.5. The van der Waals surface area contributed by atoms with Crippen LogP contribution in [0, 0.1) is 0 Å². The number of piperidine rings is 1. The van der Waals surface area contributed by atoms with Gasteiger partial charge in [-0.15, -0.1) is 0 Å². The van der Waals surface area contributed by atoms with E-state index in [2.05, 4.69) is 11.8 Å². The zero-order chi connectivity index (χ0) is 13.7. The highest BCUT2D eigenvalue weighted by Gasteiger charge is 2.23. The summed E-state index contributed by atoms with van der Waals surface area (Å²) in [7, 11) is -1.37. The van der Waals surface area contributed by atoms with Crippen molar-refractivity contribution in [2.45, 2.75) is 51.6 Å². The quantitative estimate of drug-likeness (QED) is 0.790. The average molecular weight is 261 g/mol. The number of benzene rings is 1. The topological polar surface area (TPSA) is 43.7 Å². The molecule has 1 aliphatic heterocycles. The Morgan fingerprint density at radius 3 is 2.79 bits per heavy atom. The third-order valence-corrected chi connectivity index (χ3v) is 4.08. The largest absolute Gasteiger partial charge is 0.488 e. The molecule has 1 heterocycles. The molecule has 2 N–H and O–H groups in total. The second-order valence-electron chi connectivity index (χ2n) is 5.48. The van der Waals surface area contributed by atoms with Crippen LogP contribution < -0.4 is 5.46 Å². The Hall–Kier alpha value is -0.835. The molecule has 1 aromatic rings. The van der Waals surface area contributed by atoms with Gasteiger partial charge in [0, 0.05) is 12.6 Å². The lowest BCUT2D eigenvalue weighted by molar-refractivity contribution is 0.132. The zero-order valence-corrected chi connectivity index (χ0v) is 11.8. The summed E-state index contributed by atoms with van der Waals surface area (Å²) in [5, 5.41) is 18.9. The second kappa shape index (κ2) is 7.08. The summed E-state index contributed by atoms with van der Waals surface area (Å²) in [6, 6.07) is 8.30. The van der Waals surface area contributed by atoms with Gasteiger partial charge in [-0.1, -0.05) is 44.0 Å². The SMILES string of the molecule is CCCC1CCCCN1Cc1ccccc1B(O)O. The molecule has 104 valence electrons. The van der Waals surface area contributed by atoms with Gasteiger partial charge in [0.2, 0.25) is 0 Å². The third-order valence-electron chi connectivity index (χ3n) is 4.08. The molecule has 1 aliphatic rings. The van der Waals surface area contributed by atoms with E-state index >= 15 is 0 Å². The lowest BCUT2D eigenvalue weighted by Crippen LogP contribution is -2.42. The van der Waals surface area contributed by atoms with E-state index in [1.807, 2.05) is 18.2 Å². The van der Waals surface area contributed by atoms with Crippen molar-refractivity contribution in [3.63, 3.8) is 0 Å². The minimum atomic E-state index is -1.37. The number of hydrogen-bond donors (Lipinski definition) is 2. The van der Waals surface area contributed by atoms with Gasteiger partial charge in [0.05, 0.1) is 0 Å². The van der Waals surface area contributed by atoms with Crippen molar-refractivity contribution in [2.75, 3.05) is 6.54 Å². The fraction of sp³-hybridized carbons (Fsp3) is 0.600. The Labute approximate surface area is 116 Å². The van der Waals surface area contributed by atoms with Crippen LogP contribution in [-0.2, 0) is 6.54 Å². The molecule has 3 nitrogen and oxygen atoms in total. The standard InChI is InChI=1S/C15H24BNO2/c1-2-7-14-9-5-6-11-17(14)12-13-8-3-4-10-15(13)16(18)19/h3-4,8,10,14,18-19H,2,5-7,9,11-12H2,1H3. The Morgan fingerprint density at radius 2 is 2.05 bits per heavy atom. The Morgan fingerprint density at radius 1 is 1.26 bits per heavy atom. The molecule has 1 atom stereocenters. The molecule has 19 heavy (non-hydrogen) atoms. The molecule has 1 saturated heterocycles. The molecule has 1 aromatic carbocycles. The molecule has 1 fully saturated rings. The van der Waals surface area contributed by atoms with Crippen LogP contribution in [0.1, 0.15) is 44.6 Å². The highest BCUT2D eigenvalue weighted by Crippen LogP contribution is 2.22. The molecule has 0 spiro atoms. The van der Waals surface area contributed by atoms with Crippen LogP contribution in [-0.4, -0.2) is 34.7 Å². The van der Waals surface area contributed by atoms with Gasteiger partial charge in [0.1, 0.15) is 0 Å². The first-order chi connectivity index (χ1) is 9.22. The summed E-state index contributed by atoms with van der Waals surface area (Å²) in [6.45, 7) is 4.19. The maximum Gasteiger partial charge on any atom is 0.488 e. The molecule has 0 aliphatic carbocycles. The van der Waals surface area contributed by atoms with Crippen molar-refractivity contribution in [2.24, 2.45) is 0 Å². The van der Waals surface area contributed by atoms with Gasteiger partial charge in [-0.25, -0.2) is 0 Å². The molecule has 0 bridgehead atoms. The molecule has 0 radical (unpaired) electrons. The van der Waals surface area contributed by atoms with Gasteiger partial charge in [0.25, 0.3) is 0 Å². The maximum atomic E-state index is 9.44. The van der Waals surface area contributed by atoms with Crippen molar-refractivity contribution >= 4 is 12.6 Å². The third kappa shape index (κ3) is 3.82. The molecule has 2 rings (SSSR count). The van der Waals surface area contributed by atoms with Crippen molar-refractivity contribution in [3.8, 4) is 0 Å². The minimum absolute atomic E-state index is 0.642. The van der Waals surface area contributed by atoms with E-state index in [1.54, 1.807) is 6.07 Å². The van der Waals surface area contributed by atoms with E-state index in [0.717, 1.165) is 18.7 Å². The number of likely N-dealkylation sites (tertiary alicyclic amines) is 1. The van der Waals surface area contributed by atoms with Gasteiger partial charge in [-0.3, -0.25) is 4.90 Å². The summed E-state index contributed by atoms with van der Waals surface area (Å²) in [5.41, 5.74) is 1.68. The zero-order valence-electron chi connectivity index (χ0n) is 11.8. The molecule has 0 aromatic heterocycles. The van der Waals surface area contributed by atoms with Crippen LogP contribution in [0.25, 0.3) is 0 Å². The molecular formula is C15H24BNO2. The Kier molecular flexibility index (Phi) is 5.43. The number of hydrogen-bond acceptors (Lipinski definition) is 3. The first kappa shape index (κ1) is 14.6. The Balaban J connectivity index is 2.10. The van der Waals surface area contributed by atoms with Crippen LogP contribution in [0.5, 0.6) is 0 Å². The van der Waals surface area contributed by atoms with Gasteiger partial charge < -0.3 is 10.0 Å². The van der Waals surface area contributed by atoms with Gasteiger partial charge in [-0.2, -0.15) is 0 Å². The molecular weight excluding hydrogens is 237 g/mol. The first-order valence-electron chi connectivity index (χ1n) is 7.40. The van der Waals surface area contributed by atoms with Crippen molar-refractivity contribution in [3.05, 3.63) is 29.8 Å². The molecule has 4 heteroatoms. The van der Waals surface area contributed by atoms with Gasteiger partial charge in [0.15, 0.2) is 0 Å². The monoisotopic (exact) mass is 261 g/mol. The van der Waals surface area contributed by atoms with Crippen LogP contribution in [0.15, 0.2) is 24.3 Å². The fourth-order valence-electron chi connectivity index (χ4n) is 3.08. The first-order valence-corrected chi connectivity index (χ1v) is 7.40. The van der Waals surface area contributed by atoms with Gasteiger partial charge in [-0.05, 0) is 36.8 Å². The Bertz CT molecular complexity index is 395. The summed E-state index contributed by atoms with van der Waals surface area (Å²) in [6.07, 6.45) is 6.31.